The summed E-state index contributed by atoms with van der Waals surface area (Å²) in [7, 11) is 0. The highest BCUT2D eigenvalue weighted by Crippen LogP contribution is 2.27. The number of amides is 2. The summed E-state index contributed by atoms with van der Waals surface area (Å²) < 4.78 is 1.70. The Labute approximate surface area is 177 Å². The number of nitrogens with one attached hydrogen (secondary N) is 2. The van der Waals surface area contributed by atoms with E-state index in [1.54, 1.807) is 4.52 Å². The van der Waals surface area contributed by atoms with Gasteiger partial charge in [-0.3, -0.25) is 14.9 Å². The smallest absolute Gasteiger partial charge is 0.258 e. The number of anilines is 2. The van der Waals surface area contributed by atoms with Crippen molar-refractivity contribution in [3.8, 4) is 11.3 Å². The van der Waals surface area contributed by atoms with E-state index < -0.39 is 0 Å². The average molecular weight is 420 g/mol. The third kappa shape index (κ3) is 4.08. The Bertz CT molecular complexity index is 1210. The van der Waals surface area contributed by atoms with Gasteiger partial charge in [0.1, 0.15) is 0 Å². The highest BCUT2D eigenvalue weighted by atomic mass is 32.1. The minimum Gasteiger partial charge on any atom is -0.326 e. The summed E-state index contributed by atoms with van der Waals surface area (Å²) in [4.78, 5) is 28.8. The van der Waals surface area contributed by atoms with E-state index in [2.05, 4.69) is 34.6 Å². The summed E-state index contributed by atoms with van der Waals surface area (Å²) in [6, 6.07) is 15.0. The van der Waals surface area contributed by atoms with Gasteiger partial charge in [0.2, 0.25) is 10.9 Å². The fourth-order valence-corrected chi connectivity index (χ4v) is 3.88. The van der Waals surface area contributed by atoms with Gasteiger partial charge in [0.05, 0.1) is 5.69 Å². The van der Waals surface area contributed by atoms with Gasteiger partial charge < -0.3 is 5.32 Å². The number of carbonyl (C=O) groups is 2. The molecule has 4 rings (SSSR count). The highest BCUT2D eigenvalue weighted by molar-refractivity contribution is 7.15. The van der Waals surface area contributed by atoms with Crippen LogP contribution in [0.3, 0.4) is 0 Å². The molecule has 30 heavy (non-hydrogen) atoms. The van der Waals surface area contributed by atoms with Crippen molar-refractivity contribution in [2.45, 2.75) is 26.7 Å². The van der Waals surface area contributed by atoms with Crippen LogP contribution in [0.5, 0.6) is 0 Å². The molecule has 152 valence electrons. The Morgan fingerprint density at radius 3 is 2.33 bits per heavy atom. The van der Waals surface area contributed by atoms with Crippen molar-refractivity contribution >= 4 is 39.7 Å². The molecule has 0 aliphatic rings. The molecule has 0 bridgehead atoms. The summed E-state index contributed by atoms with van der Waals surface area (Å²) in [5.41, 5.74) is 4.27. The zero-order valence-electron chi connectivity index (χ0n) is 16.8. The number of rotatable bonds is 5. The van der Waals surface area contributed by atoms with Crippen LogP contribution in [-0.2, 0) is 4.79 Å². The maximum Gasteiger partial charge on any atom is 0.258 e. The van der Waals surface area contributed by atoms with Crippen LogP contribution in [0.2, 0.25) is 0 Å². The Hall–Kier alpha value is -3.52. The fourth-order valence-electron chi connectivity index (χ4n) is 3.05. The van der Waals surface area contributed by atoms with E-state index >= 15 is 0 Å². The van der Waals surface area contributed by atoms with E-state index in [1.807, 2.05) is 53.9 Å². The van der Waals surface area contributed by atoms with E-state index in [9.17, 15) is 9.59 Å². The van der Waals surface area contributed by atoms with E-state index in [1.165, 1.54) is 23.8 Å². The van der Waals surface area contributed by atoms with Crippen LogP contribution in [-0.4, -0.2) is 26.4 Å². The Morgan fingerprint density at radius 2 is 1.70 bits per heavy atom. The lowest BCUT2D eigenvalue weighted by Crippen LogP contribution is -2.13. The minimum atomic E-state index is -0.246. The van der Waals surface area contributed by atoms with Gasteiger partial charge in [-0.2, -0.15) is 4.98 Å². The SMILES string of the molecule is CC(=O)Nc1ccc(-c2csc3nc(NC(=O)c4ccc(C(C)C)cc4)nn23)cc1. The molecular formula is C22H21N5O2S. The fraction of sp³-hybridized carbons (Fsp3) is 0.182. The summed E-state index contributed by atoms with van der Waals surface area (Å²) >= 11 is 1.44. The van der Waals surface area contributed by atoms with Crippen LogP contribution < -0.4 is 10.6 Å². The first-order valence-corrected chi connectivity index (χ1v) is 10.4. The molecule has 0 spiro atoms. The second kappa shape index (κ2) is 8.08. The Morgan fingerprint density at radius 1 is 1.00 bits per heavy atom. The number of nitrogens with zero attached hydrogens (tertiary/aromatic N) is 3. The molecule has 8 heteroatoms. The summed E-state index contributed by atoms with van der Waals surface area (Å²) in [5, 5.41) is 11.9. The van der Waals surface area contributed by atoms with E-state index in [-0.39, 0.29) is 17.8 Å². The zero-order chi connectivity index (χ0) is 21.3. The van der Waals surface area contributed by atoms with Crippen molar-refractivity contribution in [3.05, 3.63) is 65.0 Å². The zero-order valence-corrected chi connectivity index (χ0v) is 17.7. The summed E-state index contributed by atoms with van der Waals surface area (Å²) in [6.45, 7) is 5.70. The van der Waals surface area contributed by atoms with Crippen LogP contribution >= 0.6 is 11.3 Å². The average Bonchev–Trinajstić information content (AvgIpc) is 3.28. The van der Waals surface area contributed by atoms with E-state index in [0.29, 0.717) is 16.4 Å². The third-order valence-electron chi connectivity index (χ3n) is 4.65. The standard InChI is InChI=1S/C22H21N5O2S/c1-13(2)15-4-6-17(7-5-15)20(29)24-21-25-22-27(26-21)19(12-30-22)16-8-10-18(11-9-16)23-14(3)28/h4-13H,1-3H3,(H,23,28)(H,24,26,29). The van der Waals surface area contributed by atoms with Gasteiger partial charge in [-0.1, -0.05) is 38.1 Å². The van der Waals surface area contributed by atoms with Crippen molar-refractivity contribution in [2.75, 3.05) is 10.6 Å². The number of carbonyl (C=O) groups excluding carboxylic acids is 2. The Kier molecular flexibility index (Phi) is 5.33. The minimum absolute atomic E-state index is 0.115. The molecule has 0 aliphatic carbocycles. The molecule has 0 fully saturated rings. The number of aromatic nitrogens is 3. The maximum atomic E-state index is 12.5. The topological polar surface area (TPSA) is 88.4 Å². The van der Waals surface area contributed by atoms with Gasteiger partial charge in [0.15, 0.2) is 0 Å². The molecule has 0 unspecified atom stereocenters. The normalized spacial score (nSPS) is 11.1. The predicted molar refractivity (Wildman–Crippen MR) is 119 cm³/mol. The lowest BCUT2D eigenvalue weighted by atomic mass is 10.0. The number of fused-ring (bicyclic) bond motifs is 1. The molecule has 2 aromatic heterocycles. The highest BCUT2D eigenvalue weighted by Gasteiger charge is 2.14. The van der Waals surface area contributed by atoms with E-state index in [4.69, 9.17) is 0 Å². The molecule has 0 atom stereocenters. The molecule has 0 aliphatic heterocycles. The first-order valence-electron chi connectivity index (χ1n) is 9.54. The lowest BCUT2D eigenvalue weighted by molar-refractivity contribution is -0.114. The van der Waals surface area contributed by atoms with Gasteiger partial charge >= 0.3 is 0 Å². The molecule has 2 heterocycles. The molecular weight excluding hydrogens is 398 g/mol. The van der Waals surface area contributed by atoms with Crippen molar-refractivity contribution in [2.24, 2.45) is 0 Å². The summed E-state index contributed by atoms with van der Waals surface area (Å²) in [5.74, 6) is 0.311. The van der Waals surface area contributed by atoms with Crippen molar-refractivity contribution < 1.29 is 9.59 Å². The van der Waals surface area contributed by atoms with Crippen molar-refractivity contribution in [1.29, 1.82) is 0 Å². The van der Waals surface area contributed by atoms with Gasteiger partial charge in [0.25, 0.3) is 11.9 Å². The molecule has 0 saturated carbocycles. The maximum absolute atomic E-state index is 12.5. The number of hydrogen-bond donors (Lipinski definition) is 2. The second-order valence-electron chi connectivity index (χ2n) is 7.24. The van der Waals surface area contributed by atoms with Crippen LogP contribution in [0, 0.1) is 0 Å². The molecule has 4 aromatic rings. The molecule has 7 nitrogen and oxygen atoms in total. The van der Waals surface area contributed by atoms with Crippen molar-refractivity contribution in [1.82, 2.24) is 14.6 Å². The largest absolute Gasteiger partial charge is 0.326 e. The molecule has 0 saturated heterocycles. The van der Waals surface area contributed by atoms with Gasteiger partial charge in [-0.25, -0.2) is 4.52 Å². The number of thiazole rings is 1. The predicted octanol–water partition coefficient (Wildman–Crippen LogP) is 4.79. The molecule has 0 radical (unpaired) electrons. The first kappa shape index (κ1) is 19.8. The van der Waals surface area contributed by atoms with Crippen molar-refractivity contribution in [3.63, 3.8) is 0 Å². The van der Waals surface area contributed by atoms with Gasteiger partial charge in [0, 0.05) is 29.1 Å². The lowest BCUT2D eigenvalue weighted by Gasteiger charge is -2.06. The molecule has 2 amide bonds. The van der Waals surface area contributed by atoms with Gasteiger partial charge in [-0.05, 0) is 35.7 Å². The number of hydrogen-bond acceptors (Lipinski definition) is 5. The third-order valence-corrected chi connectivity index (χ3v) is 5.46. The molecule has 2 N–H and O–H groups in total. The second-order valence-corrected chi connectivity index (χ2v) is 8.08. The Balaban J connectivity index is 1.54. The number of benzene rings is 2. The van der Waals surface area contributed by atoms with Crippen LogP contribution in [0.4, 0.5) is 11.6 Å². The van der Waals surface area contributed by atoms with Gasteiger partial charge in [-0.15, -0.1) is 16.4 Å². The molecule has 2 aromatic carbocycles. The van der Waals surface area contributed by atoms with E-state index in [0.717, 1.165) is 16.9 Å². The van der Waals surface area contributed by atoms with Crippen LogP contribution in [0.25, 0.3) is 16.2 Å². The summed E-state index contributed by atoms with van der Waals surface area (Å²) in [6.07, 6.45) is 0. The first-order chi connectivity index (χ1) is 14.4. The quantitative estimate of drug-likeness (QED) is 0.487. The van der Waals surface area contributed by atoms with Crippen LogP contribution in [0.1, 0.15) is 42.6 Å². The van der Waals surface area contributed by atoms with Crippen LogP contribution in [0.15, 0.2) is 53.9 Å². The monoisotopic (exact) mass is 419 g/mol.